The Morgan fingerprint density at radius 1 is 1.44 bits per heavy atom. The minimum Gasteiger partial charge on any atom is -0.377 e. The molecule has 1 saturated heterocycles. The van der Waals surface area contributed by atoms with Crippen molar-refractivity contribution in [1.29, 1.82) is 0 Å². The summed E-state index contributed by atoms with van der Waals surface area (Å²) >= 11 is 1.45. The molecule has 90 valence electrons. The maximum absolute atomic E-state index is 4.21. The zero-order chi connectivity index (χ0) is 11.4. The SMILES string of the molecule is CNc1snnc1CN1CCCCCC1C. The number of nitrogens with zero attached hydrogens (tertiary/aromatic N) is 3. The summed E-state index contributed by atoms with van der Waals surface area (Å²) in [4.78, 5) is 2.53. The second-order valence-corrected chi connectivity index (χ2v) is 5.22. The van der Waals surface area contributed by atoms with Crippen LogP contribution >= 0.6 is 11.5 Å². The average molecular weight is 240 g/mol. The van der Waals surface area contributed by atoms with E-state index < -0.39 is 0 Å². The number of anilines is 1. The molecule has 0 aromatic carbocycles. The summed E-state index contributed by atoms with van der Waals surface area (Å²) in [6, 6.07) is 0.675. The molecule has 0 saturated carbocycles. The van der Waals surface area contributed by atoms with Crippen LogP contribution < -0.4 is 5.32 Å². The van der Waals surface area contributed by atoms with Gasteiger partial charge in [0.25, 0.3) is 0 Å². The lowest BCUT2D eigenvalue weighted by Crippen LogP contribution is -2.32. The molecule has 1 aliphatic heterocycles. The first-order valence-corrected chi connectivity index (χ1v) is 6.81. The molecule has 0 radical (unpaired) electrons. The summed E-state index contributed by atoms with van der Waals surface area (Å²) in [5, 5.41) is 8.48. The van der Waals surface area contributed by atoms with E-state index in [9.17, 15) is 0 Å². The summed E-state index contributed by atoms with van der Waals surface area (Å²) in [7, 11) is 1.94. The highest BCUT2D eigenvalue weighted by atomic mass is 32.1. The van der Waals surface area contributed by atoms with E-state index in [0.29, 0.717) is 6.04 Å². The van der Waals surface area contributed by atoms with Crippen molar-refractivity contribution in [2.45, 2.75) is 45.2 Å². The van der Waals surface area contributed by atoms with Crippen LogP contribution in [0.15, 0.2) is 0 Å². The molecule has 1 fully saturated rings. The molecule has 2 rings (SSSR count). The number of likely N-dealkylation sites (tertiary alicyclic amines) is 1. The monoisotopic (exact) mass is 240 g/mol. The van der Waals surface area contributed by atoms with Gasteiger partial charge in [0.1, 0.15) is 10.7 Å². The molecule has 1 unspecified atom stereocenters. The largest absolute Gasteiger partial charge is 0.377 e. The van der Waals surface area contributed by atoms with E-state index in [1.165, 1.54) is 43.8 Å². The first kappa shape index (κ1) is 11.8. The van der Waals surface area contributed by atoms with Crippen molar-refractivity contribution in [3.05, 3.63) is 5.69 Å². The van der Waals surface area contributed by atoms with Crippen molar-refractivity contribution in [1.82, 2.24) is 14.5 Å². The van der Waals surface area contributed by atoms with E-state index in [4.69, 9.17) is 0 Å². The Balaban J connectivity index is 2.01. The molecule has 1 aromatic rings. The highest BCUT2D eigenvalue weighted by Crippen LogP contribution is 2.22. The van der Waals surface area contributed by atoms with E-state index in [1.54, 1.807) is 0 Å². The summed E-state index contributed by atoms with van der Waals surface area (Å²) in [6.07, 6.45) is 5.37. The molecule has 4 nitrogen and oxygen atoms in total. The quantitative estimate of drug-likeness (QED) is 0.880. The zero-order valence-corrected chi connectivity index (χ0v) is 10.9. The standard InChI is InChI=1S/C11H20N4S/c1-9-6-4-3-5-7-15(9)8-10-11(12-2)16-14-13-10/h9,12H,3-8H2,1-2H3. The molecule has 16 heavy (non-hydrogen) atoms. The Morgan fingerprint density at radius 3 is 3.12 bits per heavy atom. The number of aromatic nitrogens is 2. The van der Waals surface area contributed by atoms with Crippen molar-refractivity contribution in [3.8, 4) is 0 Å². The summed E-state index contributed by atoms with van der Waals surface area (Å²) < 4.78 is 4.01. The molecule has 5 heteroatoms. The van der Waals surface area contributed by atoms with Gasteiger partial charge in [-0.05, 0) is 26.3 Å². The number of hydrogen-bond acceptors (Lipinski definition) is 5. The molecule has 0 spiro atoms. The fraction of sp³-hybridized carbons (Fsp3) is 0.818. The van der Waals surface area contributed by atoms with Crippen molar-refractivity contribution in [2.24, 2.45) is 0 Å². The zero-order valence-electron chi connectivity index (χ0n) is 10.1. The molecule has 1 atom stereocenters. The third kappa shape index (κ3) is 2.71. The lowest BCUT2D eigenvalue weighted by Gasteiger charge is -2.26. The Morgan fingerprint density at radius 2 is 2.31 bits per heavy atom. The Bertz CT molecular complexity index is 326. The van der Waals surface area contributed by atoms with Gasteiger partial charge in [0.15, 0.2) is 0 Å². The van der Waals surface area contributed by atoms with Crippen LogP contribution in [-0.2, 0) is 6.54 Å². The Labute approximate surface area is 101 Å². The van der Waals surface area contributed by atoms with E-state index >= 15 is 0 Å². The van der Waals surface area contributed by atoms with E-state index in [0.717, 1.165) is 17.2 Å². The van der Waals surface area contributed by atoms with Crippen LogP contribution in [0, 0.1) is 0 Å². The van der Waals surface area contributed by atoms with Crippen LogP contribution in [0.2, 0.25) is 0 Å². The van der Waals surface area contributed by atoms with E-state index in [1.807, 2.05) is 7.05 Å². The van der Waals surface area contributed by atoms with Gasteiger partial charge < -0.3 is 5.32 Å². The average Bonchev–Trinajstić information content (AvgIpc) is 2.64. The van der Waals surface area contributed by atoms with Gasteiger partial charge in [-0.25, -0.2) is 0 Å². The smallest absolute Gasteiger partial charge is 0.134 e. The molecule has 1 aliphatic rings. The van der Waals surface area contributed by atoms with E-state index in [2.05, 4.69) is 26.7 Å². The second kappa shape index (κ2) is 5.59. The minimum atomic E-state index is 0.675. The third-order valence-corrected chi connectivity index (χ3v) is 4.11. The van der Waals surface area contributed by atoms with Crippen LogP contribution in [0.1, 0.15) is 38.3 Å². The van der Waals surface area contributed by atoms with Gasteiger partial charge in [-0.3, -0.25) is 4.90 Å². The molecule has 0 aliphatic carbocycles. The van der Waals surface area contributed by atoms with Gasteiger partial charge in [0.2, 0.25) is 0 Å². The predicted octanol–water partition coefficient (Wildman–Crippen LogP) is 2.34. The summed E-state index contributed by atoms with van der Waals surface area (Å²) in [5.74, 6) is 0. The molecule has 0 amide bonds. The number of hydrogen-bond donors (Lipinski definition) is 1. The molecule has 1 N–H and O–H groups in total. The lowest BCUT2D eigenvalue weighted by atomic mass is 10.1. The van der Waals surface area contributed by atoms with Crippen molar-refractivity contribution in [3.63, 3.8) is 0 Å². The molecular weight excluding hydrogens is 220 g/mol. The summed E-state index contributed by atoms with van der Waals surface area (Å²) in [5.41, 5.74) is 1.10. The van der Waals surface area contributed by atoms with E-state index in [-0.39, 0.29) is 0 Å². The Kier molecular flexibility index (Phi) is 4.12. The minimum absolute atomic E-state index is 0.675. The van der Waals surface area contributed by atoms with Crippen LogP contribution in [0.5, 0.6) is 0 Å². The normalized spacial score (nSPS) is 23.0. The Hall–Kier alpha value is -0.680. The number of rotatable bonds is 3. The second-order valence-electron chi connectivity index (χ2n) is 4.47. The predicted molar refractivity (Wildman–Crippen MR) is 67.8 cm³/mol. The van der Waals surface area contributed by atoms with Crippen LogP contribution in [0.25, 0.3) is 0 Å². The first-order chi connectivity index (χ1) is 7.81. The molecule has 0 bridgehead atoms. The highest BCUT2D eigenvalue weighted by molar-refractivity contribution is 7.10. The van der Waals surface area contributed by atoms with Crippen LogP contribution in [0.4, 0.5) is 5.00 Å². The van der Waals surface area contributed by atoms with Gasteiger partial charge in [-0.15, -0.1) is 5.10 Å². The lowest BCUT2D eigenvalue weighted by molar-refractivity contribution is 0.203. The van der Waals surface area contributed by atoms with Crippen molar-refractivity contribution >= 4 is 16.5 Å². The topological polar surface area (TPSA) is 41.1 Å². The fourth-order valence-electron chi connectivity index (χ4n) is 2.26. The van der Waals surface area contributed by atoms with Crippen molar-refractivity contribution < 1.29 is 0 Å². The van der Waals surface area contributed by atoms with Gasteiger partial charge in [-0.1, -0.05) is 17.3 Å². The van der Waals surface area contributed by atoms with Crippen LogP contribution in [-0.4, -0.2) is 34.1 Å². The molecule has 1 aromatic heterocycles. The van der Waals surface area contributed by atoms with Gasteiger partial charge in [0, 0.05) is 31.2 Å². The van der Waals surface area contributed by atoms with Gasteiger partial charge >= 0.3 is 0 Å². The first-order valence-electron chi connectivity index (χ1n) is 6.04. The maximum Gasteiger partial charge on any atom is 0.134 e. The van der Waals surface area contributed by atoms with Gasteiger partial charge in [0.05, 0.1) is 0 Å². The fourth-order valence-corrected chi connectivity index (χ4v) is 2.79. The molecule has 2 heterocycles. The van der Waals surface area contributed by atoms with Gasteiger partial charge in [-0.2, -0.15) is 0 Å². The third-order valence-electron chi connectivity index (χ3n) is 3.33. The maximum atomic E-state index is 4.21. The van der Waals surface area contributed by atoms with Crippen LogP contribution in [0.3, 0.4) is 0 Å². The summed E-state index contributed by atoms with van der Waals surface area (Å²) in [6.45, 7) is 4.46. The van der Waals surface area contributed by atoms with Crippen molar-refractivity contribution in [2.75, 3.05) is 18.9 Å². The molecular formula is C11H20N4S. The highest BCUT2D eigenvalue weighted by Gasteiger charge is 2.19. The number of nitrogens with one attached hydrogen (secondary N) is 1.